The van der Waals surface area contributed by atoms with Crippen molar-refractivity contribution in [1.82, 2.24) is 4.57 Å². The van der Waals surface area contributed by atoms with Crippen LogP contribution in [0.2, 0.25) is 0 Å². The van der Waals surface area contributed by atoms with Gasteiger partial charge in [-0.3, -0.25) is 4.79 Å². The smallest absolute Gasteiger partial charge is 0.249 e. The standard InChI is InChI=1S/C22H19N2O2/c1-14-5-2-3-6-16(14)12-24-19-8-4-7-18(22(23)26)21(19)17-10-9-15(13-25)11-20(17)24/h2-9,11,25H,12-13H2,1H3,(H2,23,26). The lowest BCUT2D eigenvalue weighted by molar-refractivity contribution is 0.100. The Labute approximate surface area is 151 Å². The van der Waals surface area contributed by atoms with E-state index in [1.165, 1.54) is 11.1 Å². The van der Waals surface area contributed by atoms with Crippen LogP contribution in [0.4, 0.5) is 0 Å². The fourth-order valence-corrected chi connectivity index (χ4v) is 3.52. The molecule has 1 aromatic heterocycles. The van der Waals surface area contributed by atoms with E-state index in [1.54, 1.807) is 12.1 Å². The molecule has 0 fully saturated rings. The number of carbonyl (C=O) groups is 1. The molecule has 26 heavy (non-hydrogen) atoms. The molecule has 0 aliphatic carbocycles. The van der Waals surface area contributed by atoms with E-state index >= 15 is 0 Å². The van der Waals surface area contributed by atoms with Gasteiger partial charge in [0.25, 0.3) is 0 Å². The number of fused-ring (bicyclic) bond motifs is 3. The van der Waals surface area contributed by atoms with E-state index in [0.717, 1.165) is 27.4 Å². The maximum absolute atomic E-state index is 12.0. The van der Waals surface area contributed by atoms with Crippen LogP contribution >= 0.6 is 0 Å². The predicted molar refractivity (Wildman–Crippen MR) is 103 cm³/mol. The van der Waals surface area contributed by atoms with E-state index < -0.39 is 5.91 Å². The number of aromatic nitrogens is 1. The second-order valence-corrected chi connectivity index (χ2v) is 6.50. The summed E-state index contributed by atoms with van der Waals surface area (Å²) in [6.45, 7) is 2.70. The summed E-state index contributed by atoms with van der Waals surface area (Å²) in [6, 6.07) is 20.8. The maximum Gasteiger partial charge on any atom is 0.249 e. The van der Waals surface area contributed by atoms with E-state index in [9.17, 15) is 9.90 Å². The first-order chi connectivity index (χ1) is 12.6. The van der Waals surface area contributed by atoms with Crippen LogP contribution in [-0.4, -0.2) is 15.6 Å². The highest BCUT2D eigenvalue weighted by atomic mass is 16.3. The van der Waals surface area contributed by atoms with Gasteiger partial charge < -0.3 is 15.4 Å². The van der Waals surface area contributed by atoms with Gasteiger partial charge in [-0.2, -0.15) is 0 Å². The number of benzene rings is 3. The van der Waals surface area contributed by atoms with Crippen molar-refractivity contribution in [1.29, 1.82) is 0 Å². The molecular formula is C22H19N2O2. The summed E-state index contributed by atoms with van der Waals surface area (Å²) < 4.78 is 2.16. The Kier molecular flexibility index (Phi) is 3.98. The number of amides is 1. The summed E-state index contributed by atoms with van der Waals surface area (Å²) in [6.07, 6.45) is 0. The van der Waals surface area contributed by atoms with Crippen LogP contribution in [0.15, 0.2) is 54.6 Å². The van der Waals surface area contributed by atoms with E-state index in [0.29, 0.717) is 12.1 Å². The van der Waals surface area contributed by atoms with Crippen molar-refractivity contribution in [2.75, 3.05) is 0 Å². The third-order valence-corrected chi connectivity index (χ3v) is 4.89. The van der Waals surface area contributed by atoms with Crippen LogP contribution in [-0.2, 0) is 13.2 Å². The molecule has 0 atom stereocenters. The van der Waals surface area contributed by atoms with Crippen LogP contribution in [0.5, 0.6) is 0 Å². The first-order valence-corrected chi connectivity index (χ1v) is 8.51. The number of hydrogen-bond donors (Lipinski definition) is 2. The summed E-state index contributed by atoms with van der Waals surface area (Å²) in [5, 5.41) is 11.2. The fraction of sp³-hybridized carbons (Fsp3) is 0.136. The Morgan fingerprint density at radius 2 is 1.96 bits per heavy atom. The highest BCUT2D eigenvalue weighted by molar-refractivity contribution is 6.17. The third-order valence-electron chi connectivity index (χ3n) is 4.89. The zero-order valence-electron chi connectivity index (χ0n) is 14.5. The van der Waals surface area contributed by atoms with Crippen LogP contribution < -0.4 is 5.73 Å². The number of hydrogen-bond acceptors (Lipinski definition) is 2. The molecule has 4 aromatic rings. The Balaban J connectivity index is 2.07. The molecule has 0 bridgehead atoms. The Bertz CT molecular complexity index is 1140. The Morgan fingerprint density at radius 3 is 2.69 bits per heavy atom. The Hall–Kier alpha value is -3.11. The number of primary amides is 1. The highest BCUT2D eigenvalue weighted by Crippen LogP contribution is 2.33. The monoisotopic (exact) mass is 343 g/mol. The number of carbonyl (C=O) groups excluding carboxylic acids is 1. The number of aliphatic hydroxyl groups is 1. The topological polar surface area (TPSA) is 68.2 Å². The minimum Gasteiger partial charge on any atom is -0.392 e. The lowest BCUT2D eigenvalue weighted by Gasteiger charge is -2.11. The summed E-state index contributed by atoms with van der Waals surface area (Å²) >= 11 is 0. The van der Waals surface area contributed by atoms with Crippen molar-refractivity contribution in [2.24, 2.45) is 5.73 Å². The number of aryl methyl sites for hydroxylation is 1. The quantitative estimate of drug-likeness (QED) is 0.595. The van der Waals surface area contributed by atoms with Crippen molar-refractivity contribution in [3.63, 3.8) is 0 Å². The minimum atomic E-state index is -0.454. The molecule has 1 heterocycles. The van der Waals surface area contributed by atoms with Gasteiger partial charge in [0.2, 0.25) is 5.91 Å². The number of nitrogens with two attached hydrogens (primary N) is 1. The van der Waals surface area contributed by atoms with Gasteiger partial charge in [0.05, 0.1) is 17.6 Å². The Morgan fingerprint density at radius 1 is 1.15 bits per heavy atom. The molecular weight excluding hydrogens is 324 g/mol. The van der Waals surface area contributed by atoms with Crippen molar-refractivity contribution < 1.29 is 9.90 Å². The van der Waals surface area contributed by atoms with Gasteiger partial charge in [0, 0.05) is 22.9 Å². The van der Waals surface area contributed by atoms with Crippen molar-refractivity contribution >= 4 is 27.7 Å². The van der Waals surface area contributed by atoms with Crippen LogP contribution in [0.25, 0.3) is 21.8 Å². The van der Waals surface area contributed by atoms with E-state index in [4.69, 9.17) is 5.73 Å². The molecule has 129 valence electrons. The third kappa shape index (κ3) is 2.55. The first-order valence-electron chi connectivity index (χ1n) is 8.51. The van der Waals surface area contributed by atoms with Gasteiger partial charge in [0.15, 0.2) is 0 Å². The maximum atomic E-state index is 12.0. The molecule has 1 amide bonds. The molecule has 3 N–H and O–H groups in total. The zero-order valence-corrected chi connectivity index (χ0v) is 14.5. The molecule has 3 aromatic carbocycles. The second kappa shape index (κ2) is 6.32. The second-order valence-electron chi connectivity index (χ2n) is 6.50. The van der Waals surface area contributed by atoms with Gasteiger partial charge in [-0.1, -0.05) is 30.3 Å². The number of rotatable bonds is 4. The lowest BCUT2D eigenvalue weighted by Crippen LogP contribution is -2.11. The van der Waals surface area contributed by atoms with Gasteiger partial charge in [-0.25, -0.2) is 0 Å². The van der Waals surface area contributed by atoms with Gasteiger partial charge in [0.1, 0.15) is 0 Å². The van der Waals surface area contributed by atoms with E-state index in [1.807, 2.05) is 30.3 Å². The average Bonchev–Trinajstić information content (AvgIpc) is 2.96. The molecule has 4 rings (SSSR count). The summed E-state index contributed by atoms with van der Waals surface area (Å²) in [5.41, 5.74) is 11.2. The van der Waals surface area contributed by atoms with Gasteiger partial charge in [-0.05, 0) is 53.9 Å². The average molecular weight is 343 g/mol. The molecule has 0 unspecified atom stereocenters. The number of nitrogens with zero attached hydrogens (tertiary/aromatic N) is 1. The summed E-state index contributed by atoms with van der Waals surface area (Å²) in [7, 11) is 0. The molecule has 0 aliphatic rings. The molecule has 1 radical (unpaired) electrons. The molecule has 0 spiro atoms. The van der Waals surface area contributed by atoms with Crippen molar-refractivity contribution in [3.8, 4) is 0 Å². The zero-order chi connectivity index (χ0) is 18.3. The molecule has 4 nitrogen and oxygen atoms in total. The highest BCUT2D eigenvalue weighted by Gasteiger charge is 2.17. The minimum absolute atomic E-state index is 0.0546. The summed E-state index contributed by atoms with van der Waals surface area (Å²) in [5.74, 6) is -0.454. The predicted octanol–water partition coefficient (Wildman–Crippen LogP) is 3.54. The first kappa shape index (κ1) is 16.4. The van der Waals surface area contributed by atoms with Crippen LogP contribution in [0.3, 0.4) is 0 Å². The molecule has 0 saturated carbocycles. The van der Waals surface area contributed by atoms with Gasteiger partial charge >= 0.3 is 0 Å². The van der Waals surface area contributed by atoms with E-state index in [2.05, 4.69) is 29.7 Å². The molecule has 0 saturated heterocycles. The van der Waals surface area contributed by atoms with Crippen LogP contribution in [0.1, 0.15) is 27.0 Å². The molecule has 4 heteroatoms. The lowest BCUT2D eigenvalue weighted by atomic mass is 10.0. The number of aliphatic hydroxyl groups excluding tert-OH is 1. The van der Waals surface area contributed by atoms with Crippen LogP contribution in [0, 0.1) is 13.0 Å². The van der Waals surface area contributed by atoms with Crippen molar-refractivity contribution in [2.45, 2.75) is 20.1 Å². The van der Waals surface area contributed by atoms with E-state index in [-0.39, 0.29) is 6.61 Å². The fourth-order valence-electron chi connectivity index (χ4n) is 3.52. The molecule has 0 aliphatic heterocycles. The summed E-state index contributed by atoms with van der Waals surface area (Å²) in [4.78, 5) is 12.0. The normalized spacial score (nSPS) is 11.3. The van der Waals surface area contributed by atoms with Gasteiger partial charge in [-0.15, -0.1) is 0 Å². The SMILES string of the molecule is Cc1ccccc1Cn1c2cc(CO)c[c]c2c2c(C(N)=O)cccc21. The van der Waals surface area contributed by atoms with Crippen molar-refractivity contribution in [3.05, 3.63) is 82.9 Å². The largest absolute Gasteiger partial charge is 0.392 e.